The summed E-state index contributed by atoms with van der Waals surface area (Å²) < 4.78 is 2.10. The third-order valence-electron chi connectivity index (χ3n) is 5.32. The Morgan fingerprint density at radius 2 is 1.60 bits per heavy atom. The van der Waals surface area contributed by atoms with Crippen LogP contribution in [0.25, 0.3) is 0 Å². The summed E-state index contributed by atoms with van der Waals surface area (Å²) in [6.07, 6.45) is 19.9. The SMILES string of the molecule is CCCCCCCC[C@H](SCCCCCC)C(=O)Nc1c(SC)cc[n+](C)c1SC. The van der Waals surface area contributed by atoms with Crippen molar-refractivity contribution in [3.05, 3.63) is 12.3 Å². The van der Waals surface area contributed by atoms with Gasteiger partial charge in [-0.25, -0.2) is 0 Å². The van der Waals surface area contributed by atoms with Crippen molar-refractivity contribution in [2.24, 2.45) is 7.05 Å². The van der Waals surface area contributed by atoms with Crippen LogP contribution in [-0.2, 0) is 11.8 Å². The summed E-state index contributed by atoms with van der Waals surface area (Å²) in [7, 11) is 2.04. The third-order valence-corrected chi connectivity index (χ3v) is 8.36. The molecule has 0 fully saturated rings. The summed E-state index contributed by atoms with van der Waals surface area (Å²) >= 11 is 5.25. The molecule has 0 aromatic carbocycles. The molecule has 1 aromatic heterocycles. The number of rotatable bonds is 17. The van der Waals surface area contributed by atoms with Crippen LogP contribution >= 0.6 is 35.3 Å². The van der Waals surface area contributed by atoms with E-state index in [1.807, 2.05) is 18.8 Å². The summed E-state index contributed by atoms with van der Waals surface area (Å²) in [5, 5.41) is 4.47. The summed E-state index contributed by atoms with van der Waals surface area (Å²) in [5.41, 5.74) is 0.976. The molecule has 0 bridgehead atoms. The van der Waals surface area contributed by atoms with E-state index in [1.54, 1.807) is 23.5 Å². The molecule has 3 nitrogen and oxygen atoms in total. The van der Waals surface area contributed by atoms with E-state index in [0.717, 1.165) is 34.2 Å². The van der Waals surface area contributed by atoms with Gasteiger partial charge in [-0.2, -0.15) is 4.57 Å². The van der Waals surface area contributed by atoms with Crippen molar-refractivity contribution in [1.29, 1.82) is 0 Å². The summed E-state index contributed by atoms with van der Waals surface area (Å²) in [4.78, 5) is 14.4. The molecular formula is C24H43N2OS3+. The van der Waals surface area contributed by atoms with Crippen LogP contribution in [0.2, 0.25) is 0 Å². The fraction of sp³-hybridized carbons (Fsp3) is 0.750. The average molecular weight is 472 g/mol. The van der Waals surface area contributed by atoms with Crippen molar-refractivity contribution in [3.63, 3.8) is 0 Å². The first-order valence-electron chi connectivity index (χ1n) is 11.6. The van der Waals surface area contributed by atoms with Crippen LogP contribution in [0.15, 0.2) is 22.2 Å². The molecule has 0 radical (unpaired) electrons. The Hall–Kier alpha value is -0.330. The number of anilines is 1. The molecule has 6 heteroatoms. The Labute approximate surface area is 198 Å². The number of unbranched alkanes of at least 4 members (excludes halogenated alkanes) is 8. The first kappa shape index (κ1) is 27.7. The number of hydrogen-bond donors (Lipinski definition) is 1. The quantitative estimate of drug-likeness (QED) is 0.146. The molecule has 1 heterocycles. The molecule has 0 spiro atoms. The van der Waals surface area contributed by atoms with Crippen molar-refractivity contribution in [3.8, 4) is 0 Å². The molecule has 172 valence electrons. The lowest BCUT2D eigenvalue weighted by Crippen LogP contribution is -2.33. The summed E-state index contributed by atoms with van der Waals surface area (Å²) in [6.45, 7) is 4.50. The number of carbonyl (C=O) groups is 1. The van der Waals surface area contributed by atoms with Crippen LogP contribution in [0.4, 0.5) is 5.69 Å². The van der Waals surface area contributed by atoms with Crippen LogP contribution < -0.4 is 9.88 Å². The molecule has 0 aliphatic carbocycles. The van der Waals surface area contributed by atoms with Gasteiger partial charge in [0, 0.05) is 11.0 Å². The molecule has 0 saturated carbocycles. The lowest BCUT2D eigenvalue weighted by atomic mass is 10.1. The molecule has 1 atom stereocenters. The monoisotopic (exact) mass is 471 g/mol. The van der Waals surface area contributed by atoms with Gasteiger partial charge in [0.15, 0.2) is 6.20 Å². The van der Waals surface area contributed by atoms with Crippen LogP contribution in [0.5, 0.6) is 0 Å². The second-order valence-corrected chi connectivity index (χ2v) is 10.8. The van der Waals surface area contributed by atoms with Gasteiger partial charge in [0.25, 0.3) is 5.03 Å². The van der Waals surface area contributed by atoms with E-state index in [2.05, 4.69) is 48.5 Å². The number of pyridine rings is 1. The Bertz CT molecular complexity index is 610. The fourth-order valence-corrected chi connectivity index (χ4v) is 6.03. The van der Waals surface area contributed by atoms with Gasteiger partial charge < -0.3 is 5.32 Å². The Morgan fingerprint density at radius 3 is 2.23 bits per heavy atom. The molecule has 1 rings (SSSR count). The number of amides is 1. The number of aryl methyl sites for hydroxylation is 1. The summed E-state index contributed by atoms with van der Waals surface area (Å²) in [6, 6.07) is 2.10. The molecule has 30 heavy (non-hydrogen) atoms. The predicted molar refractivity (Wildman–Crippen MR) is 138 cm³/mol. The molecular weight excluding hydrogens is 428 g/mol. The fourth-order valence-electron chi connectivity index (χ4n) is 3.50. The van der Waals surface area contributed by atoms with Crippen LogP contribution in [0.3, 0.4) is 0 Å². The van der Waals surface area contributed by atoms with E-state index in [9.17, 15) is 4.79 Å². The smallest absolute Gasteiger partial charge is 0.264 e. The topological polar surface area (TPSA) is 33.0 Å². The number of hydrogen-bond acceptors (Lipinski definition) is 4. The second kappa shape index (κ2) is 17.3. The molecule has 1 N–H and O–H groups in total. The van der Waals surface area contributed by atoms with Crippen molar-refractivity contribution in [1.82, 2.24) is 0 Å². The van der Waals surface area contributed by atoms with Gasteiger partial charge >= 0.3 is 0 Å². The van der Waals surface area contributed by atoms with E-state index < -0.39 is 0 Å². The zero-order valence-corrected chi connectivity index (χ0v) is 22.2. The van der Waals surface area contributed by atoms with E-state index in [4.69, 9.17) is 0 Å². The Morgan fingerprint density at radius 1 is 0.967 bits per heavy atom. The maximum atomic E-state index is 13.3. The Balaban J connectivity index is 2.76. The minimum Gasteiger partial charge on any atom is -0.318 e. The van der Waals surface area contributed by atoms with Gasteiger partial charge in [-0.15, -0.1) is 23.5 Å². The van der Waals surface area contributed by atoms with Gasteiger partial charge in [-0.1, -0.05) is 83.4 Å². The minimum absolute atomic E-state index is 0.0488. The van der Waals surface area contributed by atoms with Gasteiger partial charge in [0.2, 0.25) is 5.91 Å². The van der Waals surface area contributed by atoms with Crippen LogP contribution in [0.1, 0.15) is 84.5 Å². The number of carbonyl (C=O) groups excluding carboxylic acids is 1. The lowest BCUT2D eigenvalue weighted by Gasteiger charge is -2.18. The summed E-state index contributed by atoms with van der Waals surface area (Å²) in [5.74, 6) is 1.27. The molecule has 1 amide bonds. The highest BCUT2D eigenvalue weighted by atomic mass is 32.2. The first-order valence-corrected chi connectivity index (χ1v) is 15.1. The van der Waals surface area contributed by atoms with E-state index >= 15 is 0 Å². The van der Waals surface area contributed by atoms with Gasteiger partial charge in [-0.3, -0.25) is 4.79 Å². The Kier molecular flexibility index (Phi) is 15.9. The largest absolute Gasteiger partial charge is 0.318 e. The standard InChI is InChI=1S/C24H42N2OS3/c1-6-8-10-12-13-14-16-21(30-19-15-11-9-7-2)23(27)25-22-20(28-4)17-18-26(3)24(22)29-5/h17-18,21H,6-16,19H2,1-5H3/p+1/t21-/m0/s1. The number of nitrogens with zero attached hydrogens (tertiary/aromatic N) is 1. The highest BCUT2D eigenvalue weighted by molar-refractivity contribution is 8.00. The van der Waals surface area contributed by atoms with E-state index in [-0.39, 0.29) is 11.2 Å². The van der Waals surface area contributed by atoms with Gasteiger partial charge in [0.1, 0.15) is 12.7 Å². The maximum Gasteiger partial charge on any atom is 0.264 e. The van der Waals surface area contributed by atoms with Crippen molar-refractivity contribution < 1.29 is 9.36 Å². The van der Waals surface area contributed by atoms with E-state index in [1.165, 1.54) is 57.8 Å². The van der Waals surface area contributed by atoms with Crippen molar-refractivity contribution >= 4 is 46.9 Å². The molecule has 0 saturated heterocycles. The predicted octanol–water partition coefficient (Wildman–Crippen LogP) is 7.33. The third kappa shape index (κ3) is 10.3. The maximum absolute atomic E-state index is 13.3. The normalized spacial score (nSPS) is 12.2. The zero-order valence-electron chi connectivity index (χ0n) is 19.8. The average Bonchev–Trinajstić information content (AvgIpc) is 2.74. The number of thioether (sulfide) groups is 3. The minimum atomic E-state index is 0.0488. The lowest BCUT2D eigenvalue weighted by molar-refractivity contribution is -0.708. The van der Waals surface area contributed by atoms with Crippen LogP contribution in [-0.4, -0.2) is 29.4 Å². The second-order valence-electron chi connectivity index (χ2n) is 7.85. The first-order chi connectivity index (χ1) is 14.6. The zero-order chi connectivity index (χ0) is 22.2. The number of nitrogens with one attached hydrogen (secondary N) is 1. The number of aromatic nitrogens is 1. The molecule has 0 aliphatic rings. The molecule has 0 aliphatic heterocycles. The van der Waals surface area contributed by atoms with Crippen molar-refractivity contribution in [2.75, 3.05) is 23.6 Å². The van der Waals surface area contributed by atoms with Gasteiger partial charge in [0.05, 0.1) is 5.25 Å². The van der Waals surface area contributed by atoms with Gasteiger partial charge in [-0.05, 0) is 31.1 Å². The molecule has 0 unspecified atom stereocenters. The van der Waals surface area contributed by atoms with Crippen molar-refractivity contribution in [2.45, 2.75) is 99.6 Å². The highest BCUT2D eigenvalue weighted by Gasteiger charge is 2.24. The van der Waals surface area contributed by atoms with E-state index in [0.29, 0.717) is 0 Å². The highest BCUT2D eigenvalue weighted by Crippen LogP contribution is 2.32. The van der Waals surface area contributed by atoms with Crippen LogP contribution in [0, 0.1) is 0 Å². The molecule has 1 aromatic rings.